The Kier molecular flexibility index (Phi) is 8.29. The van der Waals surface area contributed by atoms with Gasteiger partial charge in [-0.2, -0.15) is 0 Å². The summed E-state index contributed by atoms with van der Waals surface area (Å²) in [5.41, 5.74) is 2.20. The molecule has 2 aromatic heterocycles. The van der Waals surface area contributed by atoms with Crippen LogP contribution in [-0.4, -0.2) is 46.4 Å². The van der Waals surface area contributed by atoms with Crippen molar-refractivity contribution in [1.82, 2.24) is 20.3 Å². The highest BCUT2D eigenvalue weighted by Gasteiger charge is 2.34. The van der Waals surface area contributed by atoms with Gasteiger partial charge in [0.25, 0.3) is 0 Å². The maximum absolute atomic E-state index is 13.9. The van der Waals surface area contributed by atoms with E-state index in [9.17, 15) is 14.4 Å². The number of hydrogen-bond donors (Lipinski definition) is 1. The first-order valence-electron chi connectivity index (χ1n) is 12.0. The van der Waals surface area contributed by atoms with Crippen molar-refractivity contribution in [3.05, 3.63) is 76.5 Å². The first kappa shape index (κ1) is 26.0. The summed E-state index contributed by atoms with van der Waals surface area (Å²) in [4.78, 5) is 41.7. The molecule has 0 saturated carbocycles. The minimum absolute atomic E-state index is 0.125. The fraction of sp³-hybridized carbons (Fsp3) is 0.296. The van der Waals surface area contributed by atoms with E-state index in [-0.39, 0.29) is 18.4 Å². The van der Waals surface area contributed by atoms with E-state index in [2.05, 4.69) is 29.5 Å². The molecule has 0 saturated heterocycles. The van der Waals surface area contributed by atoms with E-state index >= 15 is 0 Å². The van der Waals surface area contributed by atoms with Crippen molar-refractivity contribution in [3.63, 3.8) is 0 Å². The molecule has 2 amide bonds. The van der Waals surface area contributed by atoms with E-state index in [0.29, 0.717) is 34.7 Å². The van der Waals surface area contributed by atoms with Gasteiger partial charge in [-0.05, 0) is 60.2 Å². The second-order valence-electron chi connectivity index (χ2n) is 8.93. The molecule has 10 heteroatoms. The number of hydrogen-bond acceptors (Lipinski definition) is 7. The van der Waals surface area contributed by atoms with Crippen LogP contribution in [-0.2, 0) is 20.9 Å². The number of anilines is 1. The van der Waals surface area contributed by atoms with Crippen molar-refractivity contribution in [2.45, 2.75) is 32.9 Å². The molecular formula is C27H29N5O4S. The van der Waals surface area contributed by atoms with Crippen LogP contribution in [0.15, 0.2) is 66.0 Å². The van der Waals surface area contributed by atoms with Crippen molar-refractivity contribution in [3.8, 4) is 0 Å². The topological polar surface area (TPSA) is 106 Å². The standard InChI is InChI=1S/C27H29N5O4S/c1-18(2)14-15-28-26(34)25(23-9-6-16-37-23)32(20-12-10-19(11-13-20)27(35)36-3)24(33)17-31-22-8-5-4-7-21(22)29-30-31/h4-13,16,18,25H,14-15,17H2,1-3H3,(H,28,34). The molecule has 1 unspecified atom stereocenters. The zero-order chi connectivity index (χ0) is 26.4. The lowest BCUT2D eigenvalue weighted by molar-refractivity contribution is -0.126. The summed E-state index contributed by atoms with van der Waals surface area (Å²) < 4.78 is 6.33. The molecule has 0 aliphatic carbocycles. The number of amides is 2. The van der Waals surface area contributed by atoms with Gasteiger partial charge in [0, 0.05) is 17.1 Å². The number of esters is 1. The second-order valence-corrected chi connectivity index (χ2v) is 9.91. The van der Waals surface area contributed by atoms with Crippen molar-refractivity contribution >= 4 is 45.8 Å². The van der Waals surface area contributed by atoms with Crippen molar-refractivity contribution in [2.24, 2.45) is 5.92 Å². The van der Waals surface area contributed by atoms with Crippen LogP contribution in [0.25, 0.3) is 11.0 Å². The molecule has 192 valence electrons. The Bertz CT molecular complexity index is 1370. The van der Waals surface area contributed by atoms with E-state index in [1.165, 1.54) is 28.0 Å². The molecule has 0 aliphatic rings. The van der Waals surface area contributed by atoms with Crippen LogP contribution < -0.4 is 10.2 Å². The maximum atomic E-state index is 13.9. The van der Waals surface area contributed by atoms with Gasteiger partial charge in [-0.15, -0.1) is 16.4 Å². The Labute approximate surface area is 219 Å². The first-order valence-corrected chi connectivity index (χ1v) is 12.9. The lowest BCUT2D eigenvalue weighted by atomic mass is 10.1. The number of nitrogens with one attached hydrogen (secondary N) is 1. The summed E-state index contributed by atoms with van der Waals surface area (Å²) in [6.45, 7) is 4.55. The first-order chi connectivity index (χ1) is 17.9. The fourth-order valence-corrected chi connectivity index (χ4v) is 4.77. The molecule has 4 aromatic rings. The molecule has 1 atom stereocenters. The van der Waals surface area contributed by atoms with Crippen LogP contribution in [0.2, 0.25) is 0 Å². The Balaban J connectivity index is 1.73. The molecule has 0 bridgehead atoms. The third kappa shape index (κ3) is 6.03. The average molecular weight is 520 g/mol. The summed E-state index contributed by atoms with van der Waals surface area (Å²) in [7, 11) is 1.31. The number of nitrogens with zero attached hydrogens (tertiary/aromatic N) is 4. The predicted molar refractivity (Wildman–Crippen MR) is 142 cm³/mol. The predicted octanol–water partition coefficient (Wildman–Crippen LogP) is 4.22. The van der Waals surface area contributed by atoms with Gasteiger partial charge in [-0.25, -0.2) is 9.48 Å². The number of ether oxygens (including phenoxy) is 1. The fourth-order valence-electron chi connectivity index (χ4n) is 3.95. The zero-order valence-electron chi connectivity index (χ0n) is 21.0. The summed E-state index contributed by atoms with van der Waals surface area (Å²) >= 11 is 1.40. The average Bonchev–Trinajstić information content (AvgIpc) is 3.57. The molecule has 4 rings (SSSR count). The third-order valence-corrected chi connectivity index (χ3v) is 6.81. The van der Waals surface area contributed by atoms with Gasteiger partial charge in [0.2, 0.25) is 11.8 Å². The molecule has 0 radical (unpaired) electrons. The van der Waals surface area contributed by atoms with Crippen molar-refractivity contribution in [1.29, 1.82) is 0 Å². The third-order valence-electron chi connectivity index (χ3n) is 5.88. The van der Waals surface area contributed by atoms with Gasteiger partial charge in [-0.1, -0.05) is 37.3 Å². The highest BCUT2D eigenvalue weighted by Crippen LogP contribution is 2.31. The summed E-state index contributed by atoms with van der Waals surface area (Å²) in [6.07, 6.45) is 0.815. The van der Waals surface area contributed by atoms with Crippen molar-refractivity contribution < 1.29 is 19.1 Å². The second kappa shape index (κ2) is 11.8. The van der Waals surface area contributed by atoms with Crippen molar-refractivity contribution in [2.75, 3.05) is 18.6 Å². The quantitative estimate of drug-likeness (QED) is 0.315. The maximum Gasteiger partial charge on any atom is 0.337 e. The van der Waals surface area contributed by atoms with Gasteiger partial charge in [0.1, 0.15) is 18.1 Å². The Morgan fingerprint density at radius 2 is 1.81 bits per heavy atom. The molecule has 1 N–H and O–H groups in total. The summed E-state index contributed by atoms with van der Waals surface area (Å²) in [5, 5.41) is 13.2. The Morgan fingerprint density at radius 3 is 2.49 bits per heavy atom. The molecule has 0 spiro atoms. The van der Waals surface area contributed by atoms with E-state index in [1.807, 2.05) is 41.8 Å². The Hall–Kier alpha value is -4.05. The molecular weight excluding hydrogens is 490 g/mol. The molecule has 2 heterocycles. The van der Waals surface area contributed by atoms with Crippen LogP contribution in [0.3, 0.4) is 0 Å². The molecule has 0 fully saturated rings. The number of rotatable bonds is 10. The minimum atomic E-state index is -0.904. The van der Waals surface area contributed by atoms with E-state index in [0.717, 1.165) is 11.3 Å². The lowest BCUT2D eigenvalue weighted by Gasteiger charge is -2.31. The number of fused-ring (bicyclic) bond motifs is 1. The monoisotopic (exact) mass is 519 g/mol. The molecule has 0 aliphatic heterocycles. The Morgan fingerprint density at radius 1 is 1.05 bits per heavy atom. The highest BCUT2D eigenvalue weighted by molar-refractivity contribution is 7.10. The normalized spacial score (nSPS) is 11.9. The van der Waals surface area contributed by atoms with Crippen LogP contribution in [0.4, 0.5) is 5.69 Å². The molecule has 37 heavy (non-hydrogen) atoms. The van der Waals surface area contributed by atoms with E-state index in [4.69, 9.17) is 4.74 Å². The van der Waals surface area contributed by atoms with Gasteiger partial charge < -0.3 is 10.1 Å². The summed E-state index contributed by atoms with van der Waals surface area (Å²) in [5.74, 6) is -0.694. The lowest BCUT2D eigenvalue weighted by Crippen LogP contribution is -2.45. The van der Waals surface area contributed by atoms with Gasteiger partial charge >= 0.3 is 5.97 Å². The smallest absolute Gasteiger partial charge is 0.337 e. The van der Waals surface area contributed by atoms with Gasteiger partial charge in [0.05, 0.1) is 18.2 Å². The van der Waals surface area contributed by atoms with E-state index < -0.39 is 12.0 Å². The highest BCUT2D eigenvalue weighted by atomic mass is 32.1. The molecule has 2 aromatic carbocycles. The largest absolute Gasteiger partial charge is 0.465 e. The number of thiophene rings is 1. The van der Waals surface area contributed by atoms with Crippen LogP contribution in [0.1, 0.15) is 41.5 Å². The number of carbonyl (C=O) groups is 3. The van der Waals surface area contributed by atoms with Crippen LogP contribution in [0, 0.1) is 5.92 Å². The molecule has 9 nitrogen and oxygen atoms in total. The number of para-hydroxylation sites is 1. The number of benzene rings is 2. The number of methoxy groups -OCH3 is 1. The SMILES string of the molecule is COC(=O)c1ccc(N(C(=O)Cn2nnc3ccccc32)C(C(=O)NCCC(C)C)c2cccs2)cc1. The van der Waals surface area contributed by atoms with Crippen LogP contribution in [0.5, 0.6) is 0 Å². The van der Waals surface area contributed by atoms with Crippen LogP contribution >= 0.6 is 11.3 Å². The number of carbonyl (C=O) groups excluding carboxylic acids is 3. The van der Waals surface area contributed by atoms with E-state index in [1.54, 1.807) is 24.3 Å². The number of aromatic nitrogens is 3. The van der Waals surface area contributed by atoms with Gasteiger partial charge in [0.15, 0.2) is 0 Å². The van der Waals surface area contributed by atoms with Gasteiger partial charge in [-0.3, -0.25) is 14.5 Å². The zero-order valence-corrected chi connectivity index (χ0v) is 21.8. The summed E-state index contributed by atoms with van der Waals surface area (Å²) in [6, 6.07) is 16.6. The minimum Gasteiger partial charge on any atom is -0.465 e.